The number of rotatable bonds is 2. The molecule has 1 aromatic rings. The maximum absolute atomic E-state index is 11.2. The van der Waals surface area contributed by atoms with E-state index >= 15 is 0 Å². The van der Waals surface area contributed by atoms with E-state index in [2.05, 4.69) is 0 Å². The predicted molar refractivity (Wildman–Crippen MR) is 57.6 cm³/mol. The number of amides is 2. The van der Waals surface area contributed by atoms with Gasteiger partial charge in [0.15, 0.2) is 6.10 Å². The van der Waals surface area contributed by atoms with Crippen molar-refractivity contribution >= 4 is 17.9 Å². The zero-order valence-electron chi connectivity index (χ0n) is 8.34. The van der Waals surface area contributed by atoms with Gasteiger partial charge in [-0.3, -0.25) is 9.59 Å². The molecule has 0 saturated heterocycles. The molecule has 16 heavy (non-hydrogen) atoms. The molecular formula is C11H10N2O3. The first kappa shape index (κ1) is 10.2. The summed E-state index contributed by atoms with van der Waals surface area (Å²) < 4.78 is 5.32. The zero-order valence-corrected chi connectivity index (χ0v) is 8.34. The quantitative estimate of drug-likeness (QED) is 0.733. The summed E-state index contributed by atoms with van der Waals surface area (Å²) in [6.45, 7) is 0. The van der Waals surface area contributed by atoms with Crippen LogP contribution in [0.15, 0.2) is 24.3 Å². The minimum atomic E-state index is -0.854. The van der Waals surface area contributed by atoms with Gasteiger partial charge < -0.3 is 16.2 Å². The fourth-order valence-corrected chi connectivity index (χ4v) is 1.52. The van der Waals surface area contributed by atoms with E-state index in [1.54, 1.807) is 24.3 Å². The summed E-state index contributed by atoms with van der Waals surface area (Å²) in [6, 6.07) is 4.99. The van der Waals surface area contributed by atoms with Gasteiger partial charge in [0, 0.05) is 5.56 Å². The number of hydrogen-bond donors (Lipinski definition) is 2. The van der Waals surface area contributed by atoms with Crippen molar-refractivity contribution in [2.75, 3.05) is 0 Å². The number of para-hydroxylation sites is 1. The molecule has 0 bridgehead atoms. The van der Waals surface area contributed by atoms with Gasteiger partial charge in [0.1, 0.15) is 5.75 Å². The molecule has 0 radical (unpaired) electrons. The molecule has 0 saturated carbocycles. The maximum Gasteiger partial charge on any atom is 0.262 e. The Balaban J connectivity index is 2.48. The van der Waals surface area contributed by atoms with Crippen molar-refractivity contribution in [1.82, 2.24) is 0 Å². The van der Waals surface area contributed by atoms with Crippen molar-refractivity contribution in [3.63, 3.8) is 0 Å². The summed E-state index contributed by atoms with van der Waals surface area (Å²) >= 11 is 0. The summed E-state index contributed by atoms with van der Waals surface area (Å²) in [5.41, 5.74) is 11.3. The number of benzene rings is 1. The largest absolute Gasteiger partial charge is 0.475 e. The van der Waals surface area contributed by atoms with Crippen LogP contribution in [0.3, 0.4) is 0 Å². The van der Waals surface area contributed by atoms with Gasteiger partial charge in [-0.2, -0.15) is 0 Å². The highest BCUT2D eigenvalue weighted by molar-refractivity contribution is 5.97. The molecule has 82 valence electrons. The van der Waals surface area contributed by atoms with Crippen LogP contribution >= 0.6 is 0 Å². The third-order valence-electron chi connectivity index (χ3n) is 2.29. The molecule has 0 aromatic heterocycles. The van der Waals surface area contributed by atoms with E-state index in [1.807, 2.05) is 0 Å². The molecule has 2 rings (SSSR count). The summed E-state index contributed by atoms with van der Waals surface area (Å²) in [6.07, 6.45) is 2.36. The first-order chi connectivity index (χ1) is 7.59. The first-order valence-electron chi connectivity index (χ1n) is 4.66. The Bertz CT molecular complexity index is 494. The molecule has 0 fully saturated rings. The number of primary amides is 2. The Kier molecular flexibility index (Phi) is 2.36. The Morgan fingerprint density at radius 2 is 2.00 bits per heavy atom. The van der Waals surface area contributed by atoms with Gasteiger partial charge in [-0.25, -0.2) is 0 Å². The molecule has 1 aliphatic rings. The van der Waals surface area contributed by atoms with Crippen LogP contribution in [0.2, 0.25) is 0 Å². The summed E-state index contributed by atoms with van der Waals surface area (Å²) in [7, 11) is 0. The Labute approximate surface area is 91.7 Å². The molecule has 5 nitrogen and oxygen atoms in total. The highest BCUT2D eigenvalue weighted by atomic mass is 16.5. The van der Waals surface area contributed by atoms with Crippen molar-refractivity contribution in [2.24, 2.45) is 11.5 Å². The highest BCUT2D eigenvalue weighted by Gasteiger charge is 2.23. The average Bonchev–Trinajstić information content (AvgIpc) is 2.27. The molecular weight excluding hydrogens is 208 g/mol. The number of fused-ring (bicyclic) bond motifs is 1. The fourth-order valence-electron chi connectivity index (χ4n) is 1.52. The second-order valence-electron chi connectivity index (χ2n) is 3.39. The van der Waals surface area contributed by atoms with Crippen LogP contribution in [0.1, 0.15) is 15.9 Å². The third-order valence-corrected chi connectivity index (χ3v) is 2.29. The van der Waals surface area contributed by atoms with E-state index in [4.69, 9.17) is 16.2 Å². The van der Waals surface area contributed by atoms with Gasteiger partial charge in [0.05, 0.1) is 5.56 Å². The van der Waals surface area contributed by atoms with Crippen LogP contribution in [0.4, 0.5) is 0 Å². The normalized spacial score (nSPS) is 17.4. The van der Waals surface area contributed by atoms with Crippen molar-refractivity contribution in [3.8, 4) is 5.75 Å². The van der Waals surface area contributed by atoms with E-state index in [1.165, 1.54) is 6.08 Å². The Morgan fingerprint density at radius 3 is 2.62 bits per heavy atom. The number of carbonyl (C=O) groups is 2. The lowest BCUT2D eigenvalue weighted by molar-refractivity contribution is -0.122. The lowest BCUT2D eigenvalue weighted by atomic mass is 10.0. The van der Waals surface area contributed by atoms with Crippen LogP contribution in [0.25, 0.3) is 6.08 Å². The Morgan fingerprint density at radius 1 is 1.25 bits per heavy atom. The van der Waals surface area contributed by atoms with Crippen molar-refractivity contribution in [3.05, 3.63) is 35.4 Å². The van der Waals surface area contributed by atoms with Gasteiger partial charge >= 0.3 is 0 Å². The van der Waals surface area contributed by atoms with Crippen LogP contribution < -0.4 is 16.2 Å². The standard InChI is InChI=1S/C11H10N2O3/c12-10(14)7-3-1-2-6-4-5-8(11(13)15)16-9(6)7/h1-5,8H,(H2,12,14)(H2,13,15). The second-order valence-corrected chi connectivity index (χ2v) is 3.39. The lowest BCUT2D eigenvalue weighted by Crippen LogP contribution is -2.34. The smallest absolute Gasteiger partial charge is 0.262 e. The SMILES string of the molecule is NC(=O)c1cccc2c1OC(C(N)=O)C=C2. The number of carbonyl (C=O) groups excluding carboxylic acids is 2. The van der Waals surface area contributed by atoms with Crippen molar-refractivity contribution < 1.29 is 14.3 Å². The lowest BCUT2D eigenvalue weighted by Gasteiger charge is -2.20. The van der Waals surface area contributed by atoms with Gasteiger partial charge in [-0.1, -0.05) is 18.2 Å². The maximum atomic E-state index is 11.2. The van der Waals surface area contributed by atoms with Crippen LogP contribution in [0, 0.1) is 0 Å². The first-order valence-corrected chi connectivity index (χ1v) is 4.66. The van der Waals surface area contributed by atoms with E-state index in [9.17, 15) is 9.59 Å². The molecule has 2 amide bonds. The van der Waals surface area contributed by atoms with Crippen molar-refractivity contribution in [2.45, 2.75) is 6.10 Å². The highest BCUT2D eigenvalue weighted by Crippen LogP contribution is 2.29. The van der Waals surface area contributed by atoms with Gasteiger partial charge in [0.25, 0.3) is 11.8 Å². The summed E-state index contributed by atoms with van der Waals surface area (Å²) in [5, 5.41) is 0. The molecule has 5 heteroatoms. The molecule has 1 heterocycles. The van der Waals surface area contributed by atoms with Gasteiger partial charge in [-0.15, -0.1) is 0 Å². The number of hydrogen-bond acceptors (Lipinski definition) is 3. The molecule has 1 aromatic carbocycles. The molecule has 4 N–H and O–H groups in total. The zero-order chi connectivity index (χ0) is 11.7. The second kappa shape index (κ2) is 3.69. The van der Waals surface area contributed by atoms with E-state index in [0.717, 1.165) is 0 Å². The van der Waals surface area contributed by atoms with E-state index < -0.39 is 17.9 Å². The van der Waals surface area contributed by atoms with Gasteiger partial charge in [-0.05, 0) is 12.1 Å². The number of nitrogens with two attached hydrogens (primary N) is 2. The van der Waals surface area contributed by atoms with Crippen LogP contribution in [-0.2, 0) is 4.79 Å². The van der Waals surface area contributed by atoms with E-state index in [0.29, 0.717) is 11.3 Å². The van der Waals surface area contributed by atoms with E-state index in [-0.39, 0.29) is 5.56 Å². The third kappa shape index (κ3) is 1.63. The molecule has 1 atom stereocenters. The Hall–Kier alpha value is -2.30. The minimum absolute atomic E-state index is 0.244. The minimum Gasteiger partial charge on any atom is -0.475 e. The predicted octanol–water partition coefficient (Wildman–Crippen LogP) is 0.0450. The molecule has 1 unspecified atom stereocenters. The van der Waals surface area contributed by atoms with Crippen LogP contribution in [0.5, 0.6) is 5.75 Å². The molecule has 0 spiro atoms. The summed E-state index contributed by atoms with van der Waals surface area (Å²) in [4.78, 5) is 22.1. The summed E-state index contributed by atoms with van der Waals surface area (Å²) in [5.74, 6) is -0.905. The van der Waals surface area contributed by atoms with Gasteiger partial charge in [0.2, 0.25) is 0 Å². The van der Waals surface area contributed by atoms with Crippen molar-refractivity contribution in [1.29, 1.82) is 0 Å². The molecule has 1 aliphatic heterocycles. The fraction of sp³-hybridized carbons (Fsp3) is 0.0909. The monoisotopic (exact) mass is 218 g/mol. The topological polar surface area (TPSA) is 95.4 Å². The number of ether oxygens (including phenoxy) is 1. The average molecular weight is 218 g/mol. The van der Waals surface area contributed by atoms with Crippen LogP contribution in [-0.4, -0.2) is 17.9 Å². The molecule has 0 aliphatic carbocycles.